The van der Waals surface area contributed by atoms with Crippen molar-refractivity contribution in [2.75, 3.05) is 0 Å². The van der Waals surface area contributed by atoms with Crippen LogP contribution in [0.3, 0.4) is 0 Å². The fourth-order valence-corrected chi connectivity index (χ4v) is 1.49. The van der Waals surface area contributed by atoms with Crippen molar-refractivity contribution in [3.8, 4) is 0 Å². The van der Waals surface area contributed by atoms with E-state index in [4.69, 9.17) is 10.2 Å². The van der Waals surface area contributed by atoms with E-state index >= 15 is 0 Å². The van der Waals surface area contributed by atoms with Gasteiger partial charge in [-0.3, -0.25) is 0 Å². The van der Waals surface area contributed by atoms with Gasteiger partial charge in [0.15, 0.2) is 0 Å². The van der Waals surface area contributed by atoms with Gasteiger partial charge in [0, 0.05) is 0 Å². The molecule has 1 rings (SSSR count). The lowest BCUT2D eigenvalue weighted by atomic mass is 10.2. The molecule has 1 aliphatic heterocycles. The molecule has 0 aliphatic carbocycles. The Labute approximate surface area is 63.7 Å². The van der Waals surface area contributed by atoms with Crippen molar-refractivity contribution in [2.24, 2.45) is 0 Å². The molecular formula is C4H8O6S. The molecule has 0 amide bonds. The van der Waals surface area contributed by atoms with Gasteiger partial charge in [-0.25, -0.2) is 0 Å². The summed E-state index contributed by atoms with van der Waals surface area (Å²) in [4.78, 5) is 0. The Balaban J connectivity index is 2.63. The second-order valence-corrected chi connectivity index (χ2v) is 3.28. The topological polar surface area (TPSA) is 93.1 Å². The molecule has 0 aromatic heterocycles. The van der Waals surface area contributed by atoms with E-state index in [0.29, 0.717) is 0 Å². The van der Waals surface area contributed by atoms with Crippen LogP contribution in [0.2, 0.25) is 0 Å². The Kier molecular flexibility index (Phi) is 1.93. The van der Waals surface area contributed by atoms with Crippen molar-refractivity contribution in [1.29, 1.82) is 0 Å². The van der Waals surface area contributed by atoms with Gasteiger partial charge in [0.05, 0.1) is 0 Å². The number of aliphatic hydroxyl groups is 2. The molecule has 1 heterocycles. The summed E-state index contributed by atoms with van der Waals surface area (Å²) in [5.74, 6) is -2.37. The largest absolute Gasteiger partial charge is 0.409 e. The van der Waals surface area contributed by atoms with Crippen LogP contribution >= 0.6 is 0 Å². The summed E-state index contributed by atoms with van der Waals surface area (Å²) in [6, 6.07) is 0. The van der Waals surface area contributed by atoms with Crippen LogP contribution in [0.5, 0.6) is 0 Å². The van der Waals surface area contributed by atoms with E-state index in [1.54, 1.807) is 6.92 Å². The lowest BCUT2D eigenvalue weighted by molar-refractivity contribution is -0.366. The highest BCUT2D eigenvalue weighted by molar-refractivity contribution is 7.82. The molecule has 7 heteroatoms. The molecule has 1 saturated heterocycles. The highest BCUT2D eigenvalue weighted by atomic mass is 32.3. The Bertz CT molecular complexity index is 231. The first-order valence-corrected chi connectivity index (χ1v) is 4.29. The molecule has 6 nitrogen and oxygen atoms in total. The van der Waals surface area contributed by atoms with Crippen molar-refractivity contribution < 1.29 is 27.0 Å². The summed E-state index contributed by atoms with van der Waals surface area (Å²) in [6.07, 6.45) is -1.22. The quantitative estimate of drug-likeness (QED) is 0.553. The molecule has 0 radical (unpaired) electrons. The summed E-state index contributed by atoms with van der Waals surface area (Å²) < 4.78 is 28.3. The number of aliphatic hydroxyl groups excluding tert-OH is 1. The molecule has 11 heavy (non-hydrogen) atoms. The zero-order valence-electron chi connectivity index (χ0n) is 5.72. The minimum absolute atomic E-state index is 0.131. The van der Waals surface area contributed by atoms with Gasteiger partial charge in [-0.05, 0) is 6.42 Å². The second kappa shape index (κ2) is 2.39. The fourth-order valence-electron chi connectivity index (χ4n) is 0.668. The van der Waals surface area contributed by atoms with Crippen molar-refractivity contribution in [1.82, 2.24) is 0 Å². The van der Waals surface area contributed by atoms with Crippen molar-refractivity contribution in [3.05, 3.63) is 0 Å². The van der Waals surface area contributed by atoms with E-state index in [1.807, 2.05) is 0 Å². The van der Waals surface area contributed by atoms with Crippen LogP contribution in [0.4, 0.5) is 0 Å². The van der Waals surface area contributed by atoms with Crippen molar-refractivity contribution >= 4 is 10.4 Å². The Morgan fingerprint density at radius 2 is 2.00 bits per heavy atom. The normalized spacial score (nSPS) is 29.0. The van der Waals surface area contributed by atoms with Crippen LogP contribution in [0.15, 0.2) is 0 Å². The molecule has 2 N–H and O–H groups in total. The third-order valence-electron chi connectivity index (χ3n) is 1.25. The van der Waals surface area contributed by atoms with Crippen LogP contribution in [-0.2, 0) is 18.8 Å². The number of hydrogen-bond acceptors (Lipinski definition) is 6. The van der Waals surface area contributed by atoms with E-state index < -0.39 is 22.5 Å². The lowest BCUT2D eigenvalue weighted by Crippen LogP contribution is -2.58. The highest BCUT2D eigenvalue weighted by Crippen LogP contribution is 2.32. The average molecular weight is 184 g/mol. The van der Waals surface area contributed by atoms with Gasteiger partial charge in [-0.2, -0.15) is 16.8 Å². The van der Waals surface area contributed by atoms with Gasteiger partial charge in [-0.1, -0.05) is 6.92 Å². The average Bonchev–Trinajstić information content (AvgIpc) is 1.81. The van der Waals surface area contributed by atoms with Crippen LogP contribution in [0.1, 0.15) is 13.3 Å². The molecule has 1 fully saturated rings. The SMILES string of the molecule is CCC(O)C1(O)OS(=O)(=O)O1. The molecule has 0 bridgehead atoms. The molecule has 1 unspecified atom stereocenters. The smallest absolute Gasteiger partial charge is 0.385 e. The van der Waals surface area contributed by atoms with Gasteiger partial charge in [0.25, 0.3) is 0 Å². The molecule has 0 aromatic carbocycles. The first kappa shape index (κ1) is 8.88. The maximum absolute atomic E-state index is 10.2. The Morgan fingerprint density at radius 1 is 1.55 bits per heavy atom. The van der Waals surface area contributed by atoms with E-state index in [9.17, 15) is 8.42 Å². The van der Waals surface area contributed by atoms with Gasteiger partial charge in [0.2, 0.25) is 0 Å². The predicted molar refractivity (Wildman–Crippen MR) is 32.3 cm³/mol. The summed E-state index contributed by atoms with van der Waals surface area (Å²) in [7, 11) is -4.05. The molecule has 1 atom stereocenters. The van der Waals surface area contributed by atoms with Crippen molar-refractivity contribution in [2.45, 2.75) is 25.4 Å². The van der Waals surface area contributed by atoms with Crippen LogP contribution in [-0.4, -0.2) is 30.7 Å². The minimum Gasteiger partial charge on any atom is -0.385 e. The van der Waals surface area contributed by atoms with Gasteiger partial charge < -0.3 is 10.2 Å². The first-order chi connectivity index (χ1) is 4.90. The summed E-state index contributed by atoms with van der Waals surface area (Å²) in [6.45, 7) is 1.54. The summed E-state index contributed by atoms with van der Waals surface area (Å²) in [5.41, 5.74) is 0. The van der Waals surface area contributed by atoms with E-state index in [0.717, 1.165) is 0 Å². The fraction of sp³-hybridized carbons (Fsp3) is 1.00. The van der Waals surface area contributed by atoms with Crippen LogP contribution < -0.4 is 0 Å². The molecule has 0 aromatic rings. The van der Waals surface area contributed by atoms with E-state index in [-0.39, 0.29) is 6.42 Å². The Morgan fingerprint density at radius 3 is 2.27 bits per heavy atom. The maximum Gasteiger partial charge on any atom is 0.409 e. The monoisotopic (exact) mass is 184 g/mol. The van der Waals surface area contributed by atoms with Gasteiger partial charge in [-0.15, -0.1) is 0 Å². The number of hydrogen-bond donors (Lipinski definition) is 2. The standard InChI is InChI=1S/C4H8O6S/c1-2-3(5)4(6)9-11(7,8)10-4/h3,5-6H,2H2,1H3. The van der Waals surface area contributed by atoms with E-state index in [2.05, 4.69) is 8.37 Å². The second-order valence-electron chi connectivity index (χ2n) is 2.13. The zero-order valence-corrected chi connectivity index (χ0v) is 6.54. The van der Waals surface area contributed by atoms with Crippen molar-refractivity contribution in [3.63, 3.8) is 0 Å². The van der Waals surface area contributed by atoms with Crippen LogP contribution in [0, 0.1) is 0 Å². The molecule has 0 saturated carbocycles. The van der Waals surface area contributed by atoms with E-state index in [1.165, 1.54) is 0 Å². The molecule has 66 valence electrons. The zero-order chi connectivity index (χ0) is 8.70. The minimum atomic E-state index is -4.05. The lowest BCUT2D eigenvalue weighted by Gasteiger charge is -2.36. The number of rotatable bonds is 2. The third kappa shape index (κ3) is 1.52. The highest BCUT2D eigenvalue weighted by Gasteiger charge is 2.56. The summed E-state index contributed by atoms with van der Waals surface area (Å²) in [5, 5.41) is 17.8. The molecular weight excluding hydrogens is 176 g/mol. The van der Waals surface area contributed by atoms with Gasteiger partial charge >= 0.3 is 16.4 Å². The molecule has 1 aliphatic rings. The molecule has 0 spiro atoms. The Hall–Kier alpha value is -0.210. The van der Waals surface area contributed by atoms with Gasteiger partial charge in [0.1, 0.15) is 6.10 Å². The third-order valence-corrected chi connectivity index (χ3v) is 2.14. The van der Waals surface area contributed by atoms with Crippen LogP contribution in [0.25, 0.3) is 0 Å². The predicted octanol–water partition coefficient (Wildman–Crippen LogP) is -1.31. The summed E-state index contributed by atoms with van der Waals surface area (Å²) >= 11 is 0. The maximum atomic E-state index is 10.2. The first-order valence-electron chi connectivity index (χ1n) is 2.96.